The molecule has 1 amide bonds. The summed E-state index contributed by atoms with van der Waals surface area (Å²) in [5.74, 6) is 0.170. The van der Waals surface area contributed by atoms with Crippen LogP contribution in [0.25, 0.3) is 5.69 Å². The maximum Gasteiger partial charge on any atom is 0.219 e. The number of hydrogen-bond donors (Lipinski definition) is 0. The summed E-state index contributed by atoms with van der Waals surface area (Å²) >= 11 is 0. The number of carbonyl (C=O) groups excluding carboxylic acids is 1. The molecule has 1 fully saturated rings. The standard InChI is InChI=1S/C16H19N3O/c1-14(20)17-10-12-19(13-11-17)16-7-3-2-6-15(16)18-8-4-5-9-18/h2-9H,10-13H2,1H3. The summed E-state index contributed by atoms with van der Waals surface area (Å²) < 4.78 is 2.13. The van der Waals surface area contributed by atoms with Crippen molar-refractivity contribution in [3.8, 4) is 5.69 Å². The van der Waals surface area contributed by atoms with Crippen molar-refractivity contribution in [1.82, 2.24) is 9.47 Å². The predicted molar refractivity (Wildman–Crippen MR) is 80.2 cm³/mol. The number of piperazine rings is 1. The minimum atomic E-state index is 0.170. The Morgan fingerprint density at radius 3 is 2.10 bits per heavy atom. The Balaban J connectivity index is 1.83. The van der Waals surface area contributed by atoms with Crippen molar-refractivity contribution in [2.45, 2.75) is 6.92 Å². The fourth-order valence-electron chi connectivity index (χ4n) is 2.71. The van der Waals surface area contributed by atoms with Gasteiger partial charge in [0.25, 0.3) is 0 Å². The van der Waals surface area contributed by atoms with E-state index in [2.05, 4.69) is 46.1 Å². The number of carbonyl (C=O) groups is 1. The van der Waals surface area contributed by atoms with Crippen molar-refractivity contribution >= 4 is 11.6 Å². The van der Waals surface area contributed by atoms with Crippen LogP contribution in [0.3, 0.4) is 0 Å². The van der Waals surface area contributed by atoms with E-state index in [9.17, 15) is 4.79 Å². The highest BCUT2D eigenvalue weighted by molar-refractivity contribution is 5.74. The number of hydrogen-bond acceptors (Lipinski definition) is 2. The number of amides is 1. The van der Waals surface area contributed by atoms with Crippen LogP contribution in [0, 0.1) is 0 Å². The first kappa shape index (κ1) is 12.8. The van der Waals surface area contributed by atoms with Gasteiger partial charge in [-0.2, -0.15) is 0 Å². The molecule has 4 heteroatoms. The molecule has 1 aromatic heterocycles. The number of para-hydroxylation sites is 2. The van der Waals surface area contributed by atoms with Gasteiger partial charge in [-0.3, -0.25) is 4.79 Å². The smallest absolute Gasteiger partial charge is 0.219 e. The van der Waals surface area contributed by atoms with E-state index in [1.54, 1.807) is 6.92 Å². The zero-order chi connectivity index (χ0) is 13.9. The van der Waals surface area contributed by atoms with E-state index in [0.29, 0.717) is 0 Å². The Morgan fingerprint density at radius 1 is 0.900 bits per heavy atom. The summed E-state index contributed by atoms with van der Waals surface area (Å²) in [5.41, 5.74) is 2.42. The summed E-state index contributed by atoms with van der Waals surface area (Å²) in [7, 11) is 0. The third-order valence-electron chi connectivity index (χ3n) is 3.83. The van der Waals surface area contributed by atoms with E-state index < -0.39 is 0 Å². The molecule has 0 spiro atoms. The van der Waals surface area contributed by atoms with Crippen LogP contribution in [0.1, 0.15) is 6.92 Å². The van der Waals surface area contributed by atoms with Crippen molar-refractivity contribution in [2.24, 2.45) is 0 Å². The predicted octanol–water partition coefficient (Wildman–Crippen LogP) is 2.15. The van der Waals surface area contributed by atoms with Gasteiger partial charge in [0.15, 0.2) is 0 Å². The molecule has 0 atom stereocenters. The molecule has 0 aliphatic carbocycles. The SMILES string of the molecule is CC(=O)N1CCN(c2ccccc2-n2cccc2)CC1. The molecule has 1 aliphatic rings. The number of anilines is 1. The Morgan fingerprint density at radius 2 is 1.50 bits per heavy atom. The third-order valence-corrected chi connectivity index (χ3v) is 3.83. The molecule has 0 saturated carbocycles. The molecule has 1 aliphatic heterocycles. The highest BCUT2D eigenvalue weighted by Crippen LogP contribution is 2.25. The fourth-order valence-corrected chi connectivity index (χ4v) is 2.71. The number of benzene rings is 1. The van der Waals surface area contributed by atoms with Gasteiger partial charge in [0.2, 0.25) is 5.91 Å². The van der Waals surface area contributed by atoms with Gasteiger partial charge in [0.1, 0.15) is 0 Å². The third kappa shape index (κ3) is 2.41. The van der Waals surface area contributed by atoms with Gasteiger partial charge in [-0.15, -0.1) is 0 Å². The van der Waals surface area contributed by atoms with Crippen LogP contribution < -0.4 is 4.90 Å². The topological polar surface area (TPSA) is 28.5 Å². The molecule has 0 N–H and O–H groups in total. The molecule has 1 saturated heterocycles. The minimum Gasteiger partial charge on any atom is -0.366 e. The van der Waals surface area contributed by atoms with Crippen molar-refractivity contribution in [2.75, 3.05) is 31.1 Å². The summed E-state index contributed by atoms with van der Waals surface area (Å²) in [6.45, 7) is 5.02. The van der Waals surface area contributed by atoms with Gasteiger partial charge >= 0.3 is 0 Å². The quantitative estimate of drug-likeness (QED) is 0.835. The van der Waals surface area contributed by atoms with E-state index >= 15 is 0 Å². The van der Waals surface area contributed by atoms with E-state index in [-0.39, 0.29) is 5.91 Å². The maximum atomic E-state index is 11.4. The monoisotopic (exact) mass is 269 g/mol. The highest BCUT2D eigenvalue weighted by Gasteiger charge is 2.20. The number of aromatic nitrogens is 1. The summed E-state index contributed by atoms with van der Waals surface area (Å²) in [6, 6.07) is 12.5. The van der Waals surface area contributed by atoms with Gasteiger partial charge in [0, 0.05) is 45.5 Å². The summed E-state index contributed by atoms with van der Waals surface area (Å²) in [4.78, 5) is 15.7. The first-order valence-electron chi connectivity index (χ1n) is 6.98. The largest absolute Gasteiger partial charge is 0.366 e. The Hall–Kier alpha value is -2.23. The van der Waals surface area contributed by atoms with Crippen molar-refractivity contribution in [3.05, 3.63) is 48.8 Å². The molecule has 4 nitrogen and oxygen atoms in total. The van der Waals surface area contributed by atoms with Crippen LogP contribution in [-0.2, 0) is 4.79 Å². The molecular formula is C16H19N3O. The molecule has 0 unspecified atom stereocenters. The van der Waals surface area contributed by atoms with Crippen LogP contribution in [0.2, 0.25) is 0 Å². The van der Waals surface area contributed by atoms with Crippen LogP contribution in [0.15, 0.2) is 48.8 Å². The van der Waals surface area contributed by atoms with Crippen LogP contribution in [0.5, 0.6) is 0 Å². The van der Waals surface area contributed by atoms with Gasteiger partial charge in [0.05, 0.1) is 11.4 Å². The summed E-state index contributed by atoms with van der Waals surface area (Å²) in [5, 5.41) is 0. The zero-order valence-corrected chi connectivity index (χ0v) is 11.7. The number of nitrogens with zero attached hydrogens (tertiary/aromatic N) is 3. The summed E-state index contributed by atoms with van der Waals surface area (Å²) in [6.07, 6.45) is 4.12. The van der Waals surface area contributed by atoms with Crippen molar-refractivity contribution in [3.63, 3.8) is 0 Å². The average Bonchev–Trinajstić information content (AvgIpc) is 3.01. The number of rotatable bonds is 2. The van der Waals surface area contributed by atoms with Crippen LogP contribution >= 0.6 is 0 Å². The average molecular weight is 269 g/mol. The lowest BCUT2D eigenvalue weighted by molar-refractivity contribution is -0.129. The second kappa shape index (κ2) is 5.41. The van der Waals surface area contributed by atoms with E-state index in [0.717, 1.165) is 26.2 Å². The second-order valence-corrected chi connectivity index (χ2v) is 5.07. The van der Waals surface area contributed by atoms with Crippen LogP contribution in [0.4, 0.5) is 5.69 Å². The molecule has 2 aromatic rings. The lowest BCUT2D eigenvalue weighted by Crippen LogP contribution is -2.48. The van der Waals surface area contributed by atoms with E-state index in [1.165, 1.54) is 11.4 Å². The second-order valence-electron chi connectivity index (χ2n) is 5.07. The molecule has 0 radical (unpaired) electrons. The molecule has 20 heavy (non-hydrogen) atoms. The van der Waals surface area contributed by atoms with Gasteiger partial charge in [-0.05, 0) is 24.3 Å². The van der Waals surface area contributed by atoms with Gasteiger partial charge in [-0.25, -0.2) is 0 Å². The van der Waals surface area contributed by atoms with E-state index in [4.69, 9.17) is 0 Å². The maximum absolute atomic E-state index is 11.4. The van der Waals surface area contributed by atoms with Crippen molar-refractivity contribution in [1.29, 1.82) is 0 Å². The van der Waals surface area contributed by atoms with Gasteiger partial charge < -0.3 is 14.4 Å². The first-order chi connectivity index (χ1) is 9.75. The molecule has 1 aromatic carbocycles. The Labute approximate surface area is 119 Å². The zero-order valence-electron chi connectivity index (χ0n) is 11.7. The van der Waals surface area contributed by atoms with Crippen LogP contribution in [-0.4, -0.2) is 41.6 Å². The van der Waals surface area contributed by atoms with E-state index in [1.807, 2.05) is 17.0 Å². The fraction of sp³-hybridized carbons (Fsp3) is 0.312. The first-order valence-corrected chi connectivity index (χ1v) is 6.98. The van der Waals surface area contributed by atoms with Crippen molar-refractivity contribution < 1.29 is 4.79 Å². The molecular weight excluding hydrogens is 250 g/mol. The Bertz CT molecular complexity index is 584. The molecule has 3 rings (SSSR count). The Kier molecular flexibility index (Phi) is 3.46. The minimum absolute atomic E-state index is 0.170. The normalized spacial score (nSPS) is 15.4. The molecule has 0 bridgehead atoms. The lowest BCUT2D eigenvalue weighted by atomic mass is 10.2. The lowest BCUT2D eigenvalue weighted by Gasteiger charge is -2.36. The molecule has 2 heterocycles. The highest BCUT2D eigenvalue weighted by atomic mass is 16.2. The van der Waals surface area contributed by atoms with Gasteiger partial charge in [-0.1, -0.05) is 12.1 Å². The molecule has 104 valence electrons.